The molecule has 3 aromatic rings. The number of aromatic hydroxyl groups is 1. The number of aromatic nitrogens is 1. The number of hydrogen-bond donors (Lipinski definition) is 1. The van der Waals surface area contributed by atoms with Gasteiger partial charge in [-0.2, -0.15) is 16.9 Å². The van der Waals surface area contributed by atoms with Crippen molar-refractivity contribution in [3.63, 3.8) is 0 Å². The van der Waals surface area contributed by atoms with Crippen molar-refractivity contribution in [2.45, 2.75) is 6.04 Å². The van der Waals surface area contributed by atoms with E-state index in [-0.39, 0.29) is 11.9 Å². The maximum atomic E-state index is 10.9. The number of azo groups is 1. The van der Waals surface area contributed by atoms with Crippen LogP contribution in [0.15, 0.2) is 46.6 Å². The number of hydrogen-bond acceptors (Lipinski definition) is 6. The molecule has 8 heteroatoms. The fraction of sp³-hybridized carbons (Fsp3) is 0.263. The third-order valence-electron chi connectivity index (χ3n) is 4.53. The van der Waals surface area contributed by atoms with E-state index >= 15 is 0 Å². The molecule has 0 atom stereocenters. The number of halogens is 1. The van der Waals surface area contributed by atoms with Gasteiger partial charge in [-0.05, 0) is 30.3 Å². The van der Waals surface area contributed by atoms with Gasteiger partial charge in [0.05, 0.1) is 31.5 Å². The van der Waals surface area contributed by atoms with Crippen molar-refractivity contribution >= 4 is 45.6 Å². The molecular formula is C19H18ClN3O3S. The molecule has 140 valence electrons. The van der Waals surface area contributed by atoms with E-state index in [9.17, 15) is 5.11 Å². The first-order valence-corrected chi connectivity index (χ1v) is 9.89. The topological polar surface area (TPSA) is 68.3 Å². The molecule has 2 aromatic carbocycles. The summed E-state index contributed by atoms with van der Waals surface area (Å²) >= 11 is 7.75. The zero-order chi connectivity index (χ0) is 19.0. The van der Waals surface area contributed by atoms with Crippen LogP contribution in [-0.2, 0) is 0 Å². The largest absolute Gasteiger partial charge is 0.493 e. The second kappa shape index (κ2) is 7.32. The van der Waals surface area contributed by atoms with Gasteiger partial charge in [-0.3, -0.25) is 0 Å². The Morgan fingerprint density at radius 2 is 1.74 bits per heavy atom. The normalized spacial score (nSPS) is 14.6. The lowest BCUT2D eigenvalue weighted by Gasteiger charge is -2.28. The molecule has 27 heavy (non-hydrogen) atoms. The molecule has 1 aliphatic rings. The second-order valence-electron chi connectivity index (χ2n) is 6.13. The molecule has 0 unspecified atom stereocenters. The Hall–Kier alpha value is -2.38. The van der Waals surface area contributed by atoms with Crippen molar-refractivity contribution in [1.29, 1.82) is 0 Å². The van der Waals surface area contributed by atoms with E-state index in [1.807, 2.05) is 28.5 Å². The lowest BCUT2D eigenvalue weighted by Crippen LogP contribution is -2.22. The number of ether oxygens (including phenoxy) is 2. The van der Waals surface area contributed by atoms with Crippen molar-refractivity contribution in [3.8, 4) is 17.4 Å². The highest BCUT2D eigenvalue weighted by atomic mass is 35.5. The maximum Gasteiger partial charge on any atom is 0.221 e. The van der Waals surface area contributed by atoms with E-state index in [4.69, 9.17) is 21.1 Å². The van der Waals surface area contributed by atoms with E-state index in [1.54, 1.807) is 38.5 Å². The molecule has 1 fully saturated rings. The molecule has 1 aliphatic heterocycles. The molecule has 1 saturated heterocycles. The monoisotopic (exact) mass is 403 g/mol. The standard InChI is InChI=1S/C19H18ClN3O3S/c1-25-16-7-14-15(8-17(16)26-2)23(13-9-27-10-13)19(24)18(14)22-21-12-5-3-11(20)4-6-12/h3-8,13,24H,9-10H2,1-2H3. The molecular weight excluding hydrogens is 386 g/mol. The number of nitrogens with zero attached hydrogens (tertiary/aromatic N) is 3. The minimum Gasteiger partial charge on any atom is -0.493 e. The SMILES string of the molecule is COc1cc2c(N=Nc3ccc(Cl)cc3)c(O)n(C3CSC3)c2cc1OC. The molecule has 1 aromatic heterocycles. The van der Waals surface area contributed by atoms with Crippen LogP contribution < -0.4 is 9.47 Å². The van der Waals surface area contributed by atoms with Crippen LogP contribution in [0.1, 0.15) is 6.04 Å². The lowest BCUT2D eigenvalue weighted by atomic mass is 10.2. The Morgan fingerprint density at radius 1 is 1.07 bits per heavy atom. The number of rotatable bonds is 5. The Morgan fingerprint density at radius 3 is 2.33 bits per heavy atom. The number of thioether (sulfide) groups is 1. The van der Waals surface area contributed by atoms with Gasteiger partial charge < -0.3 is 19.1 Å². The van der Waals surface area contributed by atoms with Crippen LogP contribution >= 0.6 is 23.4 Å². The van der Waals surface area contributed by atoms with E-state index in [2.05, 4.69) is 10.2 Å². The predicted molar refractivity (Wildman–Crippen MR) is 109 cm³/mol. The van der Waals surface area contributed by atoms with Gasteiger partial charge in [-0.1, -0.05) is 11.6 Å². The fourth-order valence-corrected chi connectivity index (χ4v) is 3.93. The summed E-state index contributed by atoms with van der Waals surface area (Å²) in [6.07, 6.45) is 0. The first-order chi connectivity index (χ1) is 13.1. The Labute approximate surface area is 165 Å². The van der Waals surface area contributed by atoms with Crippen molar-refractivity contribution in [2.24, 2.45) is 10.2 Å². The molecule has 0 saturated carbocycles. The minimum absolute atomic E-state index is 0.100. The summed E-state index contributed by atoms with van der Waals surface area (Å²) in [5, 5.41) is 20.9. The van der Waals surface area contributed by atoms with Crippen LogP contribution in [0.3, 0.4) is 0 Å². The fourth-order valence-electron chi connectivity index (χ4n) is 3.06. The lowest BCUT2D eigenvalue weighted by molar-refractivity contribution is 0.355. The smallest absolute Gasteiger partial charge is 0.221 e. The highest BCUT2D eigenvalue weighted by Crippen LogP contribution is 2.47. The van der Waals surface area contributed by atoms with Crippen LogP contribution in [-0.4, -0.2) is 35.4 Å². The van der Waals surface area contributed by atoms with Gasteiger partial charge in [-0.25, -0.2) is 0 Å². The molecule has 1 N–H and O–H groups in total. The van der Waals surface area contributed by atoms with Gasteiger partial charge in [0.25, 0.3) is 0 Å². The van der Waals surface area contributed by atoms with E-state index in [0.29, 0.717) is 27.9 Å². The van der Waals surface area contributed by atoms with Gasteiger partial charge in [0, 0.05) is 28.0 Å². The molecule has 4 rings (SSSR count). The molecule has 0 bridgehead atoms. The van der Waals surface area contributed by atoms with Crippen LogP contribution in [0.25, 0.3) is 10.9 Å². The van der Waals surface area contributed by atoms with Gasteiger partial charge >= 0.3 is 0 Å². The summed E-state index contributed by atoms with van der Waals surface area (Å²) in [4.78, 5) is 0. The van der Waals surface area contributed by atoms with Crippen molar-refractivity contribution < 1.29 is 14.6 Å². The van der Waals surface area contributed by atoms with Crippen LogP contribution in [0.5, 0.6) is 17.4 Å². The Bertz CT molecular complexity index is 1010. The summed E-state index contributed by atoms with van der Waals surface area (Å²) in [5.41, 5.74) is 1.91. The molecule has 0 spiro atoms. The minimum atomic E-state index is 0.100. The number of methoxy groups -OCH3 is 2. The zero-order valence-electron chi connectivity index (χ0n) is 14.8. The van der Waals surface area contributed by atoms with Crippen molar-refractivity contribution in [3.05, 3.63) is 41.4 Å². The summed E-state index contributed by atoms with van der Waals surface area (Å²) in [6, 6.07) is 11.0. The first kappa shape index (κ1) is 18.0. The van der Waals surface area contributed by atoms with Crippen LogP contribution in [0.4, 0.5) is 11.4 Å². The van der Waals surface area contributed by atoms with Gasteiger partial charge in [0.2, 0.25) is 5.88 Å². The summed E-state index contributed by atoms with van der Waals surface area (Å²) in [6.45, 7) is 0. The number of fused-ring (bicyclic) bond motifs is 1. The maximum absolute atomic E-state index is 10.9. The van der Waals surface area contributed by atoms with Gasteiger partial charge in [0.15, 0.2) is 17.2 Å². The third kappa shape index (κ3) is 3.21. The Kier molecular flexibility index (Phi) is 4.88. The second-order valence-corrected chi connectivity index (χ2v) is 7.65. The zero-order valence-corrected chi connectivity index (χ0v) is 16.4. The Balaban J connectivity index is 1.87. The summed E-state index contributed by atoms with van der Waals surface area (Å²) in [5.74, 6) is 3.17. The molecule has 0 amide bonds. The van der Waals surface area contributed by atoms with Crippen molar-refractivity contribution in [1.82, 2.24) is 4.57 Å². The molecule has 0 radical (unpaired) electrons. The van der Waals surface area contributed by atoms with Crippen LogP contribution in [0.2, 0.25) is 5.02 Å². The summed E-state index contributed by atoms with van der Waals surface area (Å²) < 4.78 is 12.8. The average molecular weight is 404 g/mol. The molecule has 2 heterocycles. The van der Waals surface area contributed by atoms with E-state index in [0.717, 1.165) is 22.4 Å². The predicted octanol–water partition coefficient (Wildman–Crippen LogP) is 5.72. The highest BCUT2D eigenvalue weighted by molar-refractivity contribution is 8.00. The molecule has 0 aliphatic carbocycles. The van der Waals surface area contributed by atoms with Crippen molar-refractivity contribution in [2.75, 3.05) is 25.7 Å². The van der Waals surface area contributed by atoms with Gasteiger partial charge in [0.1, 0.15) is 0 Å². The van der Waals surface area contributed by atoms with Crippen LogP contribution in [0, 0.1) is 0 Å². The number of benzene rings is 2. The summed E-state index contributed by atoms with van der Waals surface area (Å²) in [7, 11) is 3.18. The quantitative estimate of drug-likeness (QED) is 0.553. The average Bonchev–Trinajstić information content (AvgIpc) is 2.90. The third-order valence-corrected chi connectivity index (χ3v) is 6.03. The highest BCUT2D eigenvalue weighted by Gasteiger charge is 2.28. The first-order valence-electron chi connectivity index (χ1n) is 8.36. The van der Waals surface area contributed by atoms with E-state index in [1.165, 1.54) is 0 Å². The van der Waals surface area contributed by atoms with E-state index < -0.39 is 0 Å². The van der Waals surface area contributed by atoms with Gasteiger partial charge in [-0.15, -0.1) is 5.11 Å². The molecule has 6 nitrogen and oxygen atoms in total.